The fraction of sp³-hybridized carbons (Fsp3) is 0.274. The van der Waals surface area contributed by atoms with Crippen molar-refractivity contribution in [3.8, 4) is 34.5 Å². The van der Waals surface area contributed by atoms with E-state index >= 15 is 0 Å². The van der Waals surface area contributed by atoms with E-state index in [1.807, 2.05) is 54.6 Å². The molecule has 0 N–H and O–H groups in total. The Labute approximate surface area is 504 Å². The first-order valence-electron chi connectivity index (χ1n) is 26.8. The van der Waals surface area contributed by atoms with Gasteiger partial charge in [-0.15, -0.1) is 0 Å². The molecule has 1 aromatic heterocycles. The molecule has 0 saturated carbocycles. The molecule has 0 spiro atoms. The van der Waals surface area contributed by atoms with E-state index in [4.69, 9.17) is 14.2 Å². The first-order chi connectivity index (χ1) is 41.9. The summed E-state index contributed by atoms with van der Waals surface area (Å²) in [5.41, 5.74) is -26.8. The van der Waals surface area contributed by atoms with Gasteiger partial charge < -0.3 is 14.2 Å². The molecule has 4 heterocycles. The molecule has 30 heteroatoms. The van der Waals surface area contributed by atoms with E-state index in [1.54, 1.807) is 0 Å². The number of nitrogens with zero attached hydrogens (tertiary/aromatic N) is 2. The molecule has 0 fully saturated rings. The summed E-state index contributed by atoms with van der Waals surface area (Å²) in [7, 11) is 0. The van der Waals surface area contributed by atoms with E-state index in [0.29, 0.717) is 0 Å². The fourth-order valence-corrected chi connectivity index (χ4v) is 11.9. The minimum atomic E-state index is -6.13. The van der Waals surface area contributed by atoms with Gasteiger partial charge in [0.05, 0.1) is 61.2 Å². The standard InChI is InChI=1S/C32H12BF24.C30H29N2O3/c34-25(35,36)13-1-14(26(37,38)39)6-21(5-13)33(22-7-15(27(40,41)42)2-16(8-22)28(43,44)45,23-9-17(29(46,47)48)3-18(10-23)30(49,50)51)24-11-19(31(52,53)54)4-20(12-24)32(55,56)57;1-28(2,3)31-16-24(32(17-31)29(4,5)6)30-25-18-10-7-11-19(25)34-21-13-9-15-23(27(21)30)35-22-14-8-12-20(33-18)26(22)30/h1-12H;7-17H,1-6H3/q-1;+1. The topological polar surface area (TPSA) is 36.5 Å². The molecule has 3 aliphatic heterocycles. The molecule has 3 aliphatic rings. The van der Waals surface area contributed by atoms with Crippen molar-refractivity contribution in [1.29, 1.82) is 0 Å². The van der Waals surface area contributed by atoms with Crippen molar-refractivity contribution in [2.75, 3.05) is 0 Å². The van der Waals surface area contributed by atoms with E-state index in [-0.39, 0.29) is 11.1 Å². The molecule has 488 valence electrons. The van der Waals surface area contributed by atoms with Gasteiger partial charge in [0.2, 0.25) is 6.33 Å². The third-order valence-corrected chi connectivity index (χ3v) is 15.8. The number of imidazole rings is 1. The Kier molecular flexibility index (Phi) is 15.2. The van der Waals surface area contributed by atoms with E-state index < -0.39 is 200 Å². The molecule has 5 nitrogen and oxygen atoms in total. The molecular formula is C62H41BF24N2O3. The van der Waals surface area contributed by atoms with Crippen LogP contribution in [0.4, 0.5) is 105 Å². The van der Waals surface area contributed by atoms with Crippen LogP contribution < -0.4 is 40.6 Å². The highest BCUT2D eigenvalue weighted by Gasteiger charge is 2.61. The highest BCUT2D eigenvalue weighted by Crippen LogP contribution is 2.68. The molecule has 0 unspecified atom stereocenters. The average molecular weight is 1330 g/mol. The normalized spacial score (nSPS) is 15.0. The monoisotopic (exact) mass is 1330 g/mol. The smallest absolute Gasteiger partial charge is 0.416 e. The highest BCUT2D eigenvalue weighted by molar-refractivity contribution is 7.20. The van der Waals surface area contributed by atoms with Gasteiger partial charge in [-0.3, -0.25) is 0 Å². The van der Waals surface area contributed by atoms with Crippen LogP contribution in [-0.4, -0.2) is 10.7 Å². The minimum absolute atomic E-state index is 0.0914. The predicted octanol–water partition coefficient (Wildman–Crippen LogP) is 18.2. The lowest BCUT2D eigenvalue weighted by atomic mass is 9.12. The number of hydrogen-bond donors (Lipinski definition) is 0. The van der Waals surface area contributed by atoms with Gasteiger partial charge in [-0.05, 0) is 102 Å². The zero-order valence-corrected chi connectivity index (χ0v) is 47.5. The molecule has 0 bridgehead atoms. The number of rotatable bonds is 5. The summed E-state index contributed by atoms with van der Waals surface area (Å²) in [5.74, 6) is 4.91. The fourth-order valence-electron chi connectivity index (χ4n) is 11.9. The van der Waals surface area contributed by atoms with Crippen molar-refractivity contribution in [2.24, 2.45) is 0 Å². The molecule has 0 radical (unpaired) electrons. The molecule has 11 rings (SSSR count). The van der Waals surface area contributed by atoms with Gasteiger partial charge in [0.25, 0.3) is 0 Å². The van der Waals surface area contributed by atoms with Crippen LogP contribution in [0.15, 0.2) is 140 Å². The average Bonchev–Trinajstić information content (AvgIpc) is 1.02. The summed E-state index contributed by atoms with van der Waals surface area (Å²) in [4.78, 5) is 0. The van der Waals surface area contributed by atoms with E-state index in [0.717, 1.165) is 51.2 Å². The largest absolute Gasteiger partial charge is 0.456 e. The van der Waals surface area contributed by atoms with Crippen LogP contribution in [0.1, 0.15) is 108 Å². The molecule has 0 aliphatic carbocycles. The maximum Gasteiger partial charge on any atom is 0.416 e. The van der Waals surface area contributed by atoms with E-state index in [2.05, 4.69) is 63.2 Å². The zero-order chi connectivity index (χ0) is 68.2. The van der Waals surface area contributed by atoms with Crippen LogP contribution in [0, 0.1) is 0 Å². The van der Waals surface area contributed by atoms with Crippen molar-refractivity contribution < 1.29 is 124 Å². The van der Waals surface area contributed by atoms with Gasteiger partial charge in [-0.25, -0.2) is 9.13 Å². The van der Waals surface area contributed by atoms with E-state index in [1.165, 1.54) is 5.69 Å². The Morgan fingerprint density at radius 2 is 0.533 bits per heavy atom. The van der Waals surface area contributed by atoms with Gasteiger partial charge in [0.15, 0.2) is 5.69 Å². The minimum Gasteiger partial charge on any atom is -0.456 e. The predicted molar refractivity (Wildman–Crippen MR) is 283 cm³/mol. The Bertz CT molecular complexity index is 3620. The highest BCUT2D eigenvalue weighted by atomic mass is 19.4. The van der Waals surface area contributed by atoms with Gasteiger partial charge in [-0.1, -0.05) is 66.7 Å². The van der Waals surface area contributed by atoms with Gasteiger partial charge in [-0.2, -0.15) is 127 Å². The van der Waals surface area contributed by atoms with Crippen LogP contribution in [0.3, 0.4) is 0 Å². The first kappa shape index (κ1) is 66.5. The van der Waals surface area contributed by atoms with Crippen molar-refractivity contribution in [2.45, 2.75) is 107 Å². The van der Waals surface area contributed by atoms with Crippen molar-refractivity contribution >= 4 is 28.0 Å². The molecule has 7 aromatic carbocycles. The summed E-state index contributed by atoms with van der Waals surface area (Å²) < 4.78 is 365. The number of ether oxygens (including phenoxy) is 3. The lowest BCUT2D eigenvalue weighted by Gasteiger charge is -2.46. The first-order valence-corrected chi connectivity index (χ1v) is 26.8. The third-order valence-electron chi connectivity index (χ3n) is 15.8. The van der Waals surface area contributed by atoms with Crippen LogP contribution >= 0.6 is 0 Å². The second-order valence-corrected chi connectivity index (χ2v) is 23.9. The molecular weight excluding hydrogens is 1290 g/mol. The van der Waals surface area contributed by atoms with Crippen LogP contribution in [-0.2, 0) is 65.9 Å². The van der Waals surface area contributed by atoms with Gasteiger partial charge in [0, 0.05) is 0 Å². The van der Waals surface area contributed by atoms with Crippen molar-refractivity contribution in [3.05, 3.63) is 207 Å². The Balaban J connectivity index is 0.000000223. The number of alkyl halides is 24. The van der Waals surface area contributed by atoms with Gasteiger partial charge in [0.1, 0.15) is 63.3 Å². The van der Waals surface area contributed by atoms with Crippen molar-refractivity contribution in [1.82, 2.24) is 4.57 Å². The quantitative estimate of drug-likeness (QED) is 0.0979. The van der Waals surface area contributed by atoms with Crippen molar-refractivity contribution in [3.63, 3.8) is 0 Å². The maximum absolute atomic E-state index is 14.2. The zero-order valence-electron chi connectivity index (χ0n) is 47.5. The summed E-state index contributed by atoms with van der Waals surface area (Å²) in [5, 5.41) is 0. The van der Waals surface area contributed by atoms with Crippen LogP contribution in [0.2, 0.25) is 0 Å². The van der Waals surface area contributed by atoms with Gasteiger partial charge >= 0.3 is 49.4 Å². The number of halogens is 24. The second kappa shape index (κ2) is 21.0. The summed E-state index contributed by atoms with van der Waals surface area (Å²) in [6.07, 6.45) is -50.2. The SMILES string of the molecule is CC(C)(C)n1c[n+](C(C)(C)C)cc1C12c3c4cccc3Oc3cccc(c31)Oc1cccc(c12)O4.FC(F)(F)c1cc([B-](c2cc(C(F)(F)F)cc(C(F)(F)F)c2)(c2cc(C(F)(F)F)cc(C(F)(F)F)c2)c2cc(C(F)(F)F)cc(C(F)(F)F)c2)cc(C(F)(F)F)c1. The molecule has 0 saturated heterocycles. The Hall–Kier alpha value is -8.47. The molecule has 92 heavy (non-hydrogen) atoms. The number of aromatic nitrogens is 2. The van der Waals surface area contributed by atoms with Crippen LogP contribution in [0.5, 0.6) is 34.5 Å². The van der Waals surface area contributed by atoms with Crippen LogP contribution in [0.25, 0.3) is 0 Å². The second-order valence-electron chi connectivity index (χ2n) is 23.9. The number of benzene rings is 7. The lowest BCUT2D eigenvalue weighted by Crippen LogP contribution is -2.75. The molecule has 0 amide bonds. The number of hydrogen-bond acceptors (Lipinski definition) is 3. The summed E-state index contributed by atoms with van der Waals surface area (Å²) in [6, 6.07) is 9.48. The third kappa shape index (κ3) is 11.6. The Morgan fingerprint density at radius 3 is 0.707 bits per heavy atom. The Morgan fingerprint density at radius 1 is 0.326 bits per heavy atom. The molecule has 8 aromatic rings. The summed E-state index contributed by atoms with van der Waals surface area (Å²) >= 11 is 0. The molecule has 0 atom stereocenters. The maximum atomic E-state index is 14.2. The summed E-state index contributed by atoms with van der Waals surface area (Å²) in [6.45, 7) is 13.5. The van der Waals surface area contributed by atoms with E-state index in [9.17, 15) is 105 Å². The lowest BCUT2D eigenvalue weighted by molar-refractivity contribution is -0.753.